The molecule has 0 saturated heterocycles. The predicted molar refractivity (Wildman–Crippen MR) is 88.3 cm³/mol. The summed E-state index contributed by atoms with van der Waals surface area (Å²) in [4.78, 5) is 0. The summed E-state index contributed by atoms with van der Waals surface area (Å²) in [5.74, 6) is 0. The van der Waals surface area contributed by atoms with E-state index in [1.807, 2.05) is 24.3 Å². The van der Waals surface area contributed by atoms with Gasteiger partial charge in [-0.3, -0.25) is 0 Å². The van der Waals surface area contributed by atoms with Crippen molar-refractivity contribution in [2.24, 2.45) is 5.73 Å². The lowest BCUT2D eigenvalue weighted by atomic mass is 9.99. The monoisotopic (exact) mass is 347 g/mol. The standard InChI is InChI=1S/C15H13Cl4N/c16-10-4-5-13(17)9(6-10)7-11(20)8-12-14(18)2-1-3-15(12)19/h1-6,11H,7-8,20H2. The zero-order valence-electron chi connectivity index (χ0n) is 10.5. The molecule has 0 saturated carbocycles. The maximum Gasteiger partial charge on any atom is 0.0453 e. The molecule has 0 aliphatic heterocycles. The maximum atomic E-state index is 6.18. The topological polar surface area (TPSA) is 26.0 Å². The van der Waals surface area contributed by atoms with Gasteiger partial charge in [0.1, 0.15) is 0 Å². The first kappa shape index (κ1) is 15.9. The summed E-state index contributed by atoms with van der Waals surface area (Å²) in [5, 5.41) is 2.57. The van der Waals surface area contributed by atoms with Crippen LogP contribution in [0.15, 0.2) is 36.4 Å². The summed E-state index contributed by atoms with van der Waals surface area (Å²) >= 11 is 24.4. The van der Waals surface area contributed by atoms with Crippen LogP contribution in [-0.4, -0.2) is 6.04 Å². The van der Waals surface area contributed by atoms with Gasteiger partial charge in [-0.2, -0.15) is 0 Å². The second-order valence-corrected chi connectivity index (χ2v) is 6.26. The molecule has 1 atom stereocenters. The van der Waals surface area contributed by atoms with Crippen LogP contribution in [0, 0.1) is 0 Å². The third-order valence-electron chi connectivity index (χ3n) is 3.02. The molecule has 0 radical (unpaired) electrons. The Balaban J connectivity index is 2.13. The average molecular weight is 349 g/mol. The summed E-state index contributed by atoms with van der Waals surface area (Å²) in [5.41, 5.74) is 7.96. The molecule has 0 spiro atoms. The van der Waals surface area contributed by atoms with Crippen LogP contribution < -0.4 is 5.73 Å². The molecule has 0 aromatic heterocycles. The highest BCUT2D eigenvalue weighted by molar-refractivity contribution is 6.36. The molecule has 1 unspecified atom stereocenters. The first-order valence-corrected chi connectivity index (χ1v) is 7.61. The molecule has 2 N–H and O–H groups in total. The highest BCUT2D eigenvalue weighted by atomic mass is 35.5. The van der Waals surface area contributed by atoms with E-state index < -0.39 is 0 Å². The third-order valence-corrected chi connectivity index (χ3v) is 4.33. The van der Waals surface area contributed by atoms with Gasteiger partial charge in [-0.25, -0.2) is 0 Å². The van der Waals surface area contributed by atoms with Crippen LogP contribution in [-0.2, 0) is 12.8 Å². The van der Waals surface area contributed by atoms with Crippen molar-refractivity contribution in [2.75, 3.05) is 0 Å². The molecule has 0 aliphatic carbocycles. The number of benzene rings is 2. The fraction of sp³-hybridized carbons (Fsp3) is 0.200. The van der Waals surface area contributed by atoms with E-state index in [9.17, 15) is 0 Å². The number of nitrogens with two attached hydrogens (primary N) is 1. The Bertz CT molecular complexity index is 593. The Hall–Kier alpha value is -0.440. The van der Waals surface area contributed by atoms with E-state index in [1.54, 1.807) is 12.1 Å². The van der Waals surface area contributed by atoms with Gasteiger partial charge >= 0.3 is 0 Å². The Labute approximate surface area is 138 Å². The first-order chi connectivity index (χ1) is 9.47. The van der Waals surface area contributed by atoms with Gasteiger partial charge in [-0.1, -0.05) is 52.5 Å². The van der Waals surface area contributed by atoms with Crippen LogP contribution in [0.4, 0.5) is 0 Å². The van der Waals surface area contributed by atoms with Gasteiger partial charge in [0, 0.05) is 26.1 Å². The molecular formula is C15H13Cl4N. The minimum Gasteiger partial charge on any atom is -0.327 e. The molecule has 0 fully saturated rings. The van der Waals surface area contributed by atoms with Crippen molar-refractivity contribution in [3.63, 3.8) is 0 Å². The van der Waals surface area contributed by atoms with E-state index in [-0.39, 0.29) is 6.04 Å². The van der Waals surface area contributed by atoms with Crippen LogP contribution in [0.1, 0.15) is 11.1 Å². The Kier molecular flexibility index (Phi) is 5.59. The summed E-state index contributed by atoms with van der Waals surface area (Å²) in [6.07, 6.45) is 1.20. The fourth-order valence-corrected chi connectivity index (χ4v) is 2.99. The Morgan fingerprint density at radius 3 is 2.15 bits per heavy atom. The molecule has 2 aromatic carbocycles. The second kappa shape index (κ2) is 7.02. The molecule has 0 amide bonds. The highest BCUT2D eigenvalue weighted by Gasteiger charge is 2.13. The number of hydrogen-bond donors (Lipinski definition) is 1. The van der Waals surface area contributed by atoms with E-state index in [2.05, 4.69) is 0 Å². The van der Waals surface area contributed by atoms with Crippen LogP contribution in [0.2, 0.25) is 20.1 Å². The average Bonchev–Trinajstić information content (AvgIpc) is 2.38. The fourth-order valence-electron chi connectivity index (χ4n) is 2.04. The molecule has 5 heteroatoms. The van der Waals surface area contributed by atoms with Crippen LogP contribution >= 0.6 is 46.4 Å². The SMILES string of the molecule is NC(Cc1cc(Cl)ccc1Cl)Cc1c(Cl)cccc1Cl. The van der Waals surface area contributed by atoms with Gasteiger partial charge in [-0.15, -0.1) is 0 Å². The van der Waals surface area contributed by atoms with Gasteiger partial charge in [0.25, 0.3) is 0 Å². The smallest absolute Gasteiger partial charge is 0.0453 e. The summed E-state index contributed by atoms with van der Waals surface area (Å²) in [7, 11) is 0. The molecule has 0 aliphatic rings. The van der Waals surface area contributed by atoms with Gasteiger partial charge < -0.3 is 5.73 Å². The van der Waals surface area contributed by atoms with Gasteiger partial charge in [-0.05, 0) is 54.3 Å². The number of rotatable bonds is 4. The first-order valence-electron chi connectivity index (χ1n) is 6.09. The largest absolute Gasteiger partial charge is 0.327 e. The van der Waals surface area contributed by atoms with Crippen molar-refractivity contribution in [1.82, 2.24) is 0 Å². The molecule has 2 rings (SSSR count). The van der Waals surface area contributed by atoms with Crippen molar-refractivity contribution in [2.45, 2.75) is 18.9 Å². The zero-order valence-corrected chi connectivity index (χ0v) is 13.6. The molecule has 20 heavy (non-hydrogen) atoms. The van der Waals surface area contributed by atoms with E-state index in [1.165, 1.54) is 0 Å². The van der Waals surface area contributed by atoms with Gasteiger partial charge in [0.15, 0.2) is 0 Å². The molecule has 106 valence electrons. The minimum absolute atomic E-state index is 0.136. The quantitative estimate of drug-likeness (QED) is 0.785. The van der Waals surface area contributed by atoms with Crippen molar-refractivity contribution in [3.8, 4) is 0 Å². The lowest BCUT2D eigenvalue weighted by molar-refractivity contribution is 0.665. The minimum atomic E-state index is -0.136. The van der Waals surface area contributed by atoms with E-state index in [0.29, 0.717) is 32.9 Å². The lowest BCUT2D eigenvalue weighted by Crippen LogP contribution is -2.26. The van der Waals surface area contributed by atoms with Crippen LogP contribution in [0.25, 0.3) is 0 Å². The van der Waals surface area contributed by atoms with Gasteiger partial charge in [0.2, 0.25) is 0 Å². The summed E-state index contributed by atoms with van der Waals surface area (Å²) in [6, 6.07) is 10.6. The second-order valence-electron chi connectivity index (χ2n) is 4.60. The van der Waals surface area contributed by atoms with Crippen molar-refractivity contribution < 1.29 is 0 Å². The maximum absolute atomic E-state index is 6.18. The number of hydrogen-bond acceptors (Lipinski definition) is 1. The van der Waals surface area contributed by atoms with Crippen molar-refractivity contribution >= 4 is 46.4 Å². The zero-order chi connectivity index (χ0) is 14.7. The lowest BCUT2D eigenvalue weighted by Gasteiger charge is -2.15. The third kappa shape index (κ3) is 4.03. The van der Waals surface area contributed by atoms with Crippen molar-refractivity contribution in [1.29, 1.82) is 0 Å². The van der Waals surface area contributed by atoms with Crippen LogP contribution in [0.5, 0.6) is 0 Å². The van der Waals surface area contributed by atoms with E-state index in [4.69, 9.17) is 52.1 Å². The molecule has 0 heterocycles. The molecule has 1 nitrogen and oxygen atoms in total. The molecule has 2 aromatic rings. The predicted octanol–water partition coefficient (Wildman–Crippen LogP) is 5.41. The number of halogens is 4. The van der Waals surface area contributed by atoms with E-state index >= 15 is 0 Å². The summed E-state index contributed by atoms with van der Waals surface area (Å²) < 4.78 is 0. The molecular weight excluding hydrogens is 336 g/mol. The van der Waals surface area contributed by atoms with Crippen molar-refractivity contribution in [3.05, 3.63) is 67.6 Å². The van der Waals surface area contributed by atoms with Gasteiger partial charge in [0.05, 0.1) is 0 Å². The Morgan fingerprint density at radius 1 is 0.850 bits per heavy atom. The highest BCUT2D eigenvalue weighted by Crippen LogP contribution is 2.27. The Morgan fingerprint density at radius 2 is 1.50 bits per heavy atom. The molecule has 0 bridgehead atoms. The summed E-state index contributed by atoms with van der Waals surface area (Å²) in [6.45, 7) is 0. The van der Waals surface area contributed by atoms with E-state index in [0.717, 1.165) is 11.1 Å². The van der Waals surface area contributed by atoms with Crippen LogP contribution in [0.3, 0.4) is 0 Å². The normalized spacial score (nSPS) is 12.4.